The lowest BCUT2D eigenvalue weighted by atomic mass is 9.93. The van der Waals surface area contributed by atoms with E-state index < -0.39 is 71.8 Å². The van der Waals surface area contributed by atoms with Crippen LogP contribution in [0.1, 0.15) is 61.6 Å². The SMILES string of the molecule is [2H]c1c(Br)nc(C2([2H])C([2H])([2H])C([2H])([2H])N(C(=O)OC(C)(C)C)C([2H])([2H])C2([2H])[2H])c([2H])c1[2H]. The van der Waals surface area contributed by atoms with Crippen molar-refractivity contribution >= 4 is 22.0 Å². The average molecular weight is 353 g/mol. The fraction of sp³-hybridized carbons (Fsp3) is 0.600. The molecule has 0 unspecified atom stereocenters. The second-order valence-electron chi connectivity index (χ2n) is 4.79. The third-order valence-corrected chi connectivity index (χ3v) is 2.33. The molecular formula is C15H21BrN2O2. The van der Waals surface area contributed by atoms with Crippen LogP contribution in [0, 0.1) is 0 Å². The first kappa shape index (κ1) is 5.95. The fourth-order valence-electron chi connectivity index (χ4n) is 1.21. The molecule has 4 nitrogen and oxygen atoms in total. The molecule has 0 aromatic carbocycles. The van der Waals surface area contributed by atoms with Crippen LogP contribution in [0.4, 0.5) is 4.79 Å². The maximum absolute atomic E-state index is 12.7. The number of amides is 1. The molecule has 0 spiro atoms. The minimum Gasteiger partial charge on any atom is -0.444 e. The summed E-state index contributed by atoms with van der Waals surface area (Å²) in [6, 6.07) is -2.50. The smallest absolute Gasteiger partial charge is 0.410 e. The number of halogens is 1. The topological polar surface area (TPSA) is 42.4 Å². The van der Waals surface area contributed by atoms with Gasteiger partial charge in [0.1, 0.15) is 10.2 Å². The van der Waals surface area contributed by atoms with Gasteiger partial charge in [0.2, 0.25) is 0 Å². The molecule has 1 aliphatic rings. The lowest BCUT2D eigenvalue weighted by Crippen LogP contribution is -2.41. The molecule has 2 rings (SSSR count). The van der Waals surface area contributed by atoms with Gasteiger partial charge in [-0.1, -0.05) is 6.04 Å². The predicted molar refractivity (Wildman–Crippen MR) is 81.7 cm³/mol. The molecule has 0 bridgehead atoms. The lowest BCUT2D eigenvalue weighted by Gasteiger charge is -2.33. The predicted octanol–water partition coefficient (Wildman–Crippen LogP) is 3.96. The number of hydrogen-bond donors (Lipinski definition) is 0. The van der Waals surface area contributed by atoms with E-state index >= 15 is 0 Å². The first-order chi connectivity index (χ1) is 14.0. The molecule has 0 radical (unpaired) electrons. The van der Waals surface area contributed by atoms with Gasteiger partial charge in [0.15, 0.2) is 0 Å². The Morgan fingerprint density at radius 2 is 2.20 bits per heavy atom. The molecule has 1 saturated heterocycles. The molecule has 1 aromatic heterocycles. The summed E-state index contributed by atoms with van der Waals surface area (Å²) < 4.78 is 104. The molecule has 2 heterocycles. The van der Waals surface area contributed by atoms with Gasteiger partial charge in [-0.2, -0.15) is 0 Å². The van der Waals surface area contributed by atoms with E-state index in [-0.39, 0.29) is 4.90 Å². The fourth-order valence-corrected chi connectivity index (χ4v) is 1.49. The van der Waals surface area contributed by atoms with E-state index in [1.54, 1.807) is 0 Å². The van der Waals surface area contributed by atoms with Gasteiger partial charge in [0.05, 0.1) is 4.11 Å². The Morgan fingerprint density at radius 1 is 1.55 bits per heavy atom. The first-order valence-electron chi connectivity index (χ1n) is 11.7. The Balaban J connectivity index is 2.94. The Kier molecular flexibility index (Phi) is 1.82. The summed E-state index contributed by atoms with van der Waals surface area (Å²) in [4.78, 5) is 16.0. The van der Waals surface area contributed by atoms with Crippen LogP contribution in [0.3, 0.4) is 0 Å². The van der Waals surface area contributed by atoms with Crippen LogP contribution in [-0.2, 0) is 4.74 Å². The Hall–Kier alpha value is -1.10. The van der Waals surface area contributed by atoms with E-state index in [1.807, 2.05) is 0 Å². The van der Waals surface area contributed by atoms with Gasteiger partial charge in [-0.05, 0) is 61.5 Å². The van der Waals surface area contributed by atoms with Crippen molar-refractivity contribution in [1.82, 2.24) is 9.88 Å². The van der Waals surface area contributed by atoms with Crippen molar-refractivity contribution in [3.63, 3.8) is 0 Å². The third kappa shape index (κ3) is 4.20. The molecule has 110 valence electrons. The highest BCUT2D eigenvalue weighted by molar-refractivity contribution is 9.10. The molecule has 1 fully saturated rings. The van der Waals surface area contributed by atoms with E-state index in [0.717, 1.165) is 0 Å². The van der Waals surface area contributed by atoms with Crippen molar-refractivity contribution in [3.05, 3.63) is 28.4 Å². The van der Waals surface area contributed by atoms with E-state index in [4.69, 9.17) is 21.2 Å². The highest BCUT2D eigenvalue weighted by Gasteiger charge is 2.27. The van der Waals surface area contributed by atoms with E-state index in [9.17, 15) is 4.79 Å². The standard InChI is InChI=1S/C15H21BrN2O2/c1-15(2,3)20-14(19)18-9-7-11(8-10-18)12-5-4-6-13(16)17-12/h4-6,11H,7-10H2,1-3H3/i4D,5D,6D,7D2,8D2,9D2,10D2,11D. The molecule has 0 atom stereocenters. The molecule has 0 aliphatic carbocycles. The van der Waals surface area contributed by atoms with Crippen molar-refractivity contribution in [2.45, 2.75) is 45.0 Å². The first-order valence-corrected chi connectivity index (χ1v) is 6.46. The maximum Gasteiger partial charge on any atom is 0.410 e. The van der Waals surface area contributed by atoms with E-state index in [0.29, 0.717) is 0 Å². The highest BCUT2D eigenvalue weighted by Crippen LogP contribution is 2.28. The number of nitrogens with zero attached hydrogens (tertiary/aromatic N) is 2. The van der Waals surface area contributed by atoms with Crippen molar-refractivity contribution in [2.75, 3.05) is 13.0 Å². The van der Waals surface area contributed by atoms with Crippen molar-refractivity contribution in [2.24, 2.45) is 0 Å². The molecule has 1 amide bonds. The zero-order chi connectivity index (χ0) is 25.5. The third-order valence-electron chi connectivity index (χ3n) is 1.95. The summed E-state index contributed by atoms with van der Waals surface area (Å²) in [7, 11) is 0. The van der Waals surface area contributed by atoms with Gasteiger partial charge >= 0.3 is 6.09 Å². The minimum atomic E-state index is -3.72. The van der Waals surface area contributed by atoms with Crippen LogP contribution < -0.4 is 0 Å². The molecule has 20 heavy (non-hydrogen) atoms. The lowest BCUT2D eigenvalue weighted by molar-refractivity contribution is 0.0204. The second kappa shape index (κ2) is 6.12. The van der Waals surface area contributed by atoms with Crippen molar-refractivity contribution < 1.29 is 26.0 Å². The van der Waals surface area contributed by atoms with Gasteiger partial charge in [0.25, 0.3) is 0 Å². The average Bonchev–Trinajstić information content (AvgIpc) is 2.58. The van der Waals surface area contributed by atoms with Crippen molar-refractivity contribution in [3.8, 4) is 0 Å². The number of aromatic nitrogens is 1. The van der Waals surface area contributed by atoms with Crippen molar-refractivity contribution in [1.29, 1.82) is 0 Å². The summed E-state index contributed by atoms with van der Waals surface area (Å²) in [6.07, 6.45) is -9.13. The Morgan fingerprint density at radius 3 is 2.80 bits per heavy atom. The molecule has 1 aromatic rings. The van der Waals surface area contributed by atoms with Gasteiger partial charge in [-0.25, -0.2) is 9.78 Å². The van der Waals surface area contributed by atoms with Crippen LogP contribution in [0.5, 0.6) is 0 Å². The van der Waals surface area contributed by atoms with Crippen LogP contribution >= 0.6 is 15.9 Å². The van der Waals surface area contributed by atoms with Gasteiger partial charge < -0.3 is 9.64 Å². The van der Waals surface area contributed by atoms with E-state index in [1.165, 1.54) is 20.8 Å². The van der Waals surface area contributed by atoms with Gasteiger partial charge in [0, 0.05) is 36.9 Å². The number of likely N-dealkylation sites (tertiary alicyclic amines) is 1. The monoisotopic (exact) mass is 352 g/mol. The number of hydrogen-bond acceptors (Lipinski definition) is 3. The summed E-state index contributed by atoms with van der Waals surface area (Å²) in [6.45, 7) is -3.17. The number of carbonyl (C=O) groups excluding carboxylic acids is 1. The Labute approximate surface area is 145 Å². The molecule has 1 aliphatic heterocycles. The highest BCUT2D eigenvalue weighted by atomic mass is 79.9. The minimum absolute atomic E-state index is 0.350. The maximum atomic E-state index is 12.7. The molecule has 5 heteroatoms. The molecular weight excluding hydrogens is 320 g/mol. The zero-order valence-corrected chi connectivity index (χ0v) is 12.7. The second-order valence-corrected chi connectivity index (χ2v) is 5.54. The normalized spacial score (nSPS) is 37.5. The zero-order valence-electron chi connectivity index (χ0n) is 23.1. The number of piperidine rings is 1. The summed E-state index contributed by atoms with van der Waals surface area (Å²) in [5.41, 5.74) is -2.36. The number of pyridine rings is 1. The quantitative estimate of drug-likeness (QED) is 0.718. The Bertz CT molecular complexity index is 935. The van der Waals surface area contributed by atoms with Crippen LogP contribution in [-0.4, -0.2) is 34.6 Å². The number of carbonyl (C=O) groups is 1. The molecule has 0 N–H and O–H groups in total. The van der Waals surface area contributed by atoms with E-state index in [2.05, 4.69) is 20.9 Å². The number of rotatable bonds is 1. The molecule has 0 saturated carbocycles. The summed E-state index contributed by atoms with van der Waals surface area (Å²) >= 11 is 2.82. The number of ether oxygens (including phenoxy) is 1. The van der Waals surface area contributed by atoms with Gasteiger partial charge in [-0.3, -0.25) is 0 Å². The van der Waals surface area contributed by atoms with Crippen LogP contribution in [0.15, 0.2) is 22.7 Å². The summed E-state index contributed by atoms with van der Waals surface area (Å²) in [5, 5.41) is 0. The summed E-state index contributed by atoms with van der Waals surface area (Å²) in [5.74, 6) is -3.57. The van der Waals surface area contributed by atoms with Crippen LogP contribution in [0.2, 0.25) is 0 Å². The van der Waals surface area contributed by atoms with Crippen LogP contribution in [0.25, 0.3) is 0 Å². The van der Waals surface area contributed by atoms with Gasteiger partial charge in [-0.15, -0.1) is 0 Å². The largest absolute Gasteiger partial charge is 0.444 e.